The largest absolute Gasteiger partial charge is 0.497 e. The topological polar surface area (TPSA) is 44.5 Å². The Labute approximate surface area is 139 Å². The lowest BCUT2D eigenvalue weighted by Crippen LogP contribution is -2.06. The Morgan fingerprint density at radius 3 is 1.91 bits per heavy atom. The van der Waals surface area contributed by atoms with E-state index in [1.54, 1.807) is 14.2 Å². The van der Waals surface area contributed by atoms with Crippen molar-refractivity contribution >= 4 is 0 Å². The van der Waals surface area contributed by atoms with Gasteiger partial charge in [0.1, 0.15) is 11.5 Å². The molecule has 3 heteroatoms. The van der Waals surface area contributed by atoms with Crippen molar-refractivity contribution in [2.24, 2.45) is 5.73 Å². The number of hydrogen-bond acceptors (Lipinski definition) is 3. The highest BCUT2D eigenvalue weighted by Crippen LogP contribution is 2.28. The lowest BCUT2D eigenvalue weighted by molar-refractivity contribution is 0.414. The summed E-state index contributed by atoms with van der Waals surface area (Å²) < 4.78 is 10.5. The molecule has 0 aliphatic rings. The maximum atomic E-state index is 5.71. The third-order valence-electron chi connectivity index (χ3n) is 4.28. The average molecular weight is 313 g/mol. The highest BCUT2D eigenvalue weighted by Gasteiger charge is 2.12. The van der Waals surface area contributed by atoms with Crippen molar-refractivity contribution in [1.82, 2.24) is 0 Å². The van der Waals surface area contributed by atoms with Gasteiger partial charge in [0.05, 0.1) is 14.2 Å². The van der Waals surface area contributed by atoms with Gasteiger partial charge in [0.15, 0.2) is 0 Å². The van der Waals surface area contributed by atoms with Gasteiger partial charge in [-0.2, -0.15) is 0 Å². The summed E-state index contributed by atoms with van der Waals surface area (Å²) in [6, 6.07) is 16.8. The summed E-state index contributed by atoms with van der Waals surface area (Å²) in [6.45, 7) is 0.745. The maximum Gasteiger partial charge on any atom is 0.118 e. The Bertz CT molecular complexity index is 563. The van der Waals surface area contributed by atoms with Crippen LogP contribution in [0, 0.1) is 0 Å². The normalized spacial score (nSPS) is 12.0. The summed E-state index contributed by atoms with van der Waals surface area (Å²) in [5.74, 6) is 2.34. The predicted molar refractivity (Wildman–Crippen MR) is 95.3 cm³/mol. The zero-order valence-electron chi connectivity index (χ0n) is 14.1. The molecule has 0 spiro atoms. The minimum Gasteiger partial charge on any atom is -0.497 e. The third-order valence-corrected chi connectivity index (χ3v) is 4.28. The van der Waals surface area contributed by atoms with Crippen LogP contribution < -0.4 is 15.2 Å². The lowest BCUT2D eigenvalue weighted by atomic mass is 9.88. The Morgan fingerprint density at radius 2 is 1.39 bits per heavy atom. The molecule has 2 aromatic rings. The first-order chi connectivity index (χ1) is 11.3. The van der Waals surface area contributed by atoms with Crippen molar-refractivity contribution in [3.63, 3.8) is 0 Å². The molecular weight excluding hydrogens is 286 g/mol. The summed E-state index contributed by atoms with van der Waals surface area (Å²) in [5.41, 5.74) is 8.42. The van der Waals surface area contributed by atoms with Crippen LogP contribution in [0.2, 0.25) is 0 Å². The summed E-state index contributed by atoms with van der Waals surface area (Å²) in [6.07, 6.45) is 4.36. The number of ether oxygens (including phenoxy) is 2. The molecule has 0 fully saturated rings. The van der Waals surface area contributed by atoms with Crippen LogP contribution in [0.3, 0.4) is 0 Å². The molecule has 1 unspecified atom stereocenters. The summed E-state index contributed by atoms with van der Waals surface area (Å²) in [7, 11) is 3.39. The van der Waals surface area contributed by atoms with Crippen LogP contribution in [0.15, 0.2) is 48.5 Å². The smallest absolute Gasteiger partial charge is 0.118 e. The molecule has 0 saturated carbocycles. The first-order valence-corrected chi connectivity index (χ1v) is 8.23. The van der Waals surface area contributed by atoms with Crippen LogP contribution in [0.25, 0.3) is 0 Å². The van der Waals surface area contributed by atoms with E-state index in [9.17, 15) is 0 Å². The predicted octanol–water partition coefficient (Wildman–Crippen LogP) is 4.16. The van der Waals surface area contributed by atoms with Crippen LogP contribution in [0.1, 0.15) is 36.3 Å². The van der Waals surface area contributed by atoms with E-state index in [2.05, 4.69) is 24.3 Å². The molecule has 0 aliphatic carbocycles. The van der Waals surface area contributed by atoms with E-state index in [1.807, 2.05) is 24.3 Å². The molecular formula is C20H27NO2. The number of nitrogens with two attached hydrogens (primary N) is 1. The van der Waals surface area contributed by atoms with Crippen molar-refractivity contribution in [2.75, 3.05) is 20.8 Å². The van der Waals surface area contributed by atoms with E-state index in [0.29, 0.717) is 5.92 Å². The van der Waals surface area contributed by atoms with E-state index in [1.165, 1.54) is 11.1 Å². The molecule has 2 N–H and O–H groups in total. The monoisotopic (exact) mass is 313 g/mol. The van der Waals surface area contributed by atoms with Gasteiger partial charge in [-0.05, 0) is 73.5 Å². The summed E-state index contributed by atoms with van der Waals surface area (Å²) in [4.78, 5) is 0. The molecule has 0 heterocycles. The minimum absolute atomic E-state index is 0.534. The van der Waals surface area contributed by atoms with Gasteiger partial charge in [-0.25, -0.2) is 0 Å². The molecule has 0 amide bonds. The van der Waals surface area contributed by atoms with Crippen LogP contribution in [0.5, 0.6) is 11.5 Å². The molecule has 0 saturated heterocycles. The lowest BCUT2D eigenvalue weighted by Gasteiger charge is -2.18. The van der Waals surface area contributed by atoms with Crippen molar-refractivity contribution in [2.45, 2.75) is 31.6 Å². The van der Waals surface area contributed by atoms with Crippen LogP contribution in [-0.2, 0) is 6.42 Å². The van der Waals surface area contributed by atoms with Gasteiger partial charge in [0.2, 0.25) is 0 Å². The van der Waals surface area contributed by atoms with E-state index < -0.39 is 0 Å². The van der Waals surface area contributed by atoms with E-state index >= 15 is 0 Å². The molecule has 1 atom stereocenters. The average Bonchev–Trinajstić information content (AvgIpc) is 2.62. The number of aryl methyl sites for hydroxylation is 1. The van der Waals surface area contributed by atoms with Crippen LogP contribution in [-0.4, -0.2) is 20.8 Å². The highest BCUT2D eigenvalue weighted by atomic mass is 16.5. The Morgan fingerprint density at radius 1 is 0.826 bits per heavy atom. The Kier molecular flexibility index (Phi) is 6.95. The fourth-order valence-electron chi connectivity index (χ4n) is 2.85. The molecule has 23 heavy (non-hydrogen) atoms. The third kappa shape index (κ3) is 5.29. The fraction of sp³-hybridized carbons (Fsp3) is 0.400. The molecule has 3 nitrogen and oxygen atoms in total. The number of benzene rings is 2. The second-order valence-electron chi connectivity index (χ2n) is 5.79. The first kappa shape index (κ1) is 17.4. The SMILES string of the molecule is COc1ccc(CCC(CCCN)c2ccc(OC)cc2)cc1. The molecule has 2 aromatic carbocycles. The van der Waals surface area contributed by atoms with Crippen LogP contribution in [0.4, 0.5) is 0 Å². The minimum atomic E-state index is 0.534. The molecule has 124 valence electrons. The van der Waals surface area contributed by atoms with Crippen molar-refractivity contribution in [3.05, 3.63) is 59.7 Å². The highest BCUT2D eigenvalue weighted by molar-refractivity contribution is 5.30. The van der Waals surface area contributed by atoms with E-state index in [0.717, 1.165) is 43.7 Å². The van der Waals surface area contributed by atoms with E-state index in [-0.39, 0.29) is 0 Å². The van der Waals surface area contributed by atoms with Gasteiger partial charge < -0.3 is 15.2 Å². The van der Waals surface area contributed by atoms with Crippen molar-refractivity contribution in [1.29, 1.82) is 0 Å². The van der Waals surface area contributed by atoms with E-state index in [4.69, 9.17) is 15.2 Å². The van der Waals surface area contributed by atoms with Crippen molar-refractivity contribution < 1.29 is 9.47 Å². The second-order valence-corrected chi connectivity index (χ2v) is 5.79. The van der Waals surface area contributed by atoms with Gasteiger partial charge in [0, 0.05) is 0 Å². The van der Waals surface area contributed by atoms with Gasteiger partial charge in [-0.1, -0.05) is 24.3 Å². The van der Waals surface area contributed by atoms with Crippen molar-refractivity contribution in [3.8, 4) is 11.5 Å². The Balaban J connectivity index is 2.01. The second kappa shape index (κ2) is 9.21. The molecule has 0 aromatic heterocycles. The zero-order valence-corrected chi connectivity index (χ0v) is 14.1. The molecule has 0 aliphatic heterocycles. The number of rotatable bonds is 9. The fourth-order valence-corrected chi connectivity index (χ4v) is 2.85. The van der Waals surface area contributed by atoms with Gasteiger partial charge >= 0.3 is 0 Å². The van der Waals surface area contributed by atoms with Gasteiger partial charge in [-0.3, -0.25) is 0 Å². The molecule has 2 rings (SSSR count). The van der Waals surface area contributed by atoms with Crippen LogP contribution >= 0.6 is 0 Å². The number of methoxy groups -OCH3 is 2. The van der Waals surface area contributed by atoms with Gasteiger partial charge in [0.25, 0.3) is 0 Å². The summed E-state index contributed by atoms with van der Waals surface area (Å²) >= 11 is 0. The molecule has 0 radical (unpaired) electrons. The van der Waals surface area contributed by atoms with Gasteiger partial charge in [-0.15, -0.1) is 0 Å². The zero-order chi connectivity index (χ0) is 16.5. The number of hydrogen-bond donors (Lipinski definition) is 1. The first-order valence-electron chi connectivity index (χ1n) is 8.23. The standard InChI is InChI=1S/C20H27NO2/c1-22-19-11-6-16(7-12-19)5-8-17(4-3-15-21)18-9-13-20(23-2)14-10-18/h6-7,9-14,17H,3-5,8,15,21H2,1-2H3. The Hall–Kier alpha value is -2.00. The molecule has 0 bridgehead atoms. The maximum absolute atomic E-state index is 5.71. The summed E-state index contributed by atoms with van der Waals surface area (Å²) in [5, 5.41) is 0. The quantitative estimate of drug-likeness (QED) is 0.756.